The molecule has 0 saturated carbocycles. The van der Waals surface area contributed by atoms with Crippen molar-refractivity contribution >= 4 is 26.7 Å². The van der Waals surface area contributed by atoms with Crippen LogP contribution >= 0.6 is 0 Å². The first-order chi connectivity index (χ1) is 14.7. The third-order valence-corrected chi connectivity index (χ3v) is 8.30. The van der Waals surface area contributed by atoms with Gasteiger partial charge in [-0.05, 0) is 32.9 Å². The molecule has 9 nitrogen and oxygen atoms in total. The minimum atomic E-state index is -3.49. The highest BCUT2D eigenvalue weighted by Gasteiger charge is 2.43. The van der Waals surface area contributed by atoms with E-state index in [4.69, 9.17) is 19.4 Å². The standard InChI is InChI=1S/C21H25N5O4S/c1-12-9-29-10-13-11-30-16-17(21(2,3)31(4,27)28)24-19(25-20(16)26(12)13)15-6-8-23-18-14(15)5-7-22-18/h5-8,12-13H,9-11H2,1-4H3,(H,22,23)/t12-,13?/m1/s1. The number of pyridine rings is 1. The van der Waals surface area contributed by atoms with Crippen molar-refractivity contribution in [2.45, 2.75) is 37.6 Å². The Morgan fingerprint density at radius 1 is 1.19 bits per heavy atom. The van der Waals surface area contributed by atoms with Crippen LogP contribution in [0.3, 0.4) is 0 Å². The summed E-state index contributed by atoms with van der Waals surface area (Å²) >= 11 is 0. The van der Waals surface area contributed by atoms with Crippen molar-refractivity contribution in [3.05, 3.63) is 30.2 Å². The van der Waals surface area contributed by atoms with E-state index in [1.54, 1.807) is 20.0 Å². The Hall–Kier alpha value is -2.72. The number of nitrogens with one attached hydrogen (secondary N) is 1. The molecule has 1 saturated heterocycles. The molecule has 0 amide bonds. The van der Waals surface area contributed by atoms with Crippen molar-refractivity contribution in [3.63, 3.8) is 0 Å². The maximum absolute atomic E-state index is 12.7. The van der Waals surface area contributed by atoms with Gasteiger partial charge in [-0.15, -0.1) is 0 Å². The van der Waals surface area contributed by atoms with Gasteiger partial charge in [0, 0.05) is 29.6 Å². The van der Waals surface area contributed by atoms with Gasteiger partial charge in [0.2, 0.25) is 0 Å². The topological polar surface area (TPSA) is 110 Å². The normalized spacial score (nSPS) is 21.5. The summed E-state index contributed by atoms with van der Waals surface area (Å²) in [5, 5.41) is 0.869. The molecular formula is C21H25N5O4S. The quantitative estimate of drug-likeness (QED) is 0.657. The minimum Gasteiger partial charge on any atom is -0.486 e. The molecule has 5 rings (SSSR count). The van der Waals surface area contributed by atoms with E-state index in [9.17, 15) is 8.42 Å². The van der Waals surface area contributed by atoms with Crippen LogP contribution in [0.15, 0.2) is 24.5 Å². The summed E-state index contributed by atoms with van der Waals surface area (Å²) in [5.41, 5.74) is 1.87. The van der Waals surface area contributed by atoms with E-state index in [0.29, 0.717) is 42.9 Å². The molecule has 2 aliphatic rings. The van der Waals surface area contributed by atoms with Crippen LogP contribution in [0.5, 0.6) is 5.75 Å². The summed E-state index contributed by atoms with van der Waals surface area (Å²) in [6.07, 6.45) is 4.72. The van der Waals surface area contributed by atoms with Gasteiger partial charge in [-0.3, -0.25) is 0 Å². The van der Waals surface area contributed by atoms with Gasteiger partial charge in [-0.2, -0.15) is 0 Å². The van der Waals surface area contributed by atoms with E-state index in [1.807, 2.05) is 18.3 Å². The molecular weight excluding hydrogens is 418 g/mol. The Bertz CT molecular complexity index is 1270. The van der Waals surface area contributed by atoms with Crippen LogP contribution in [0.1, 0.15) is 26.5 Å². The minimum absolute atomic E-state index is 0.0120. The summed E-state index contributed by atoms with van der Waals surface area (Å²) in [7, 11) is -3.49. The number of rotatable bonds is 3. The Labute approximate surface area is 180 Å². The summed E-state index contributed by atoms with van der Waals surface area (Å²) < 4.78 is 36.0. The maximum atomic E-state index is 12.7. The van der Waals surface area contributed by atoms with Crippen molar-refractivity contribution in [1.82, 2.24) is 19.9 Å². The number of morpholine rings is 1. The van der Waals surface area contributed by atoms with Crippen LogP contribution in [0, 0.1) is 0 Å². The molecule has 0 aromatic carbocycles. The van der Waals surface area contributed by atoms with E-state index in [2.05, 4.69) is 21.8 Å². The van der Waals surface area contributed by atoms with Gasteiger partial charge >= 0.3 is 0 Å². The number of hydrogen-bond acceptors (Lipinski definition) is 8. The molecule has 0 bridgehead atoms. The van der Waals surface area contributed by atoms with Crippen molar-refractivity contribution < 1.29 is 17.9 Å². The Balaban J connectivity index is 1.81. The van der Waals surface area contributed by atoms with Crippen LogP contribution in [-0.2, 0) is 19.3 Å². The third-order valence-electron chi connectivity index (χ3n) is 6.25. The SMILES string of the molecule is C[C@@H]1COCC2COc3c(nc(-c4ccnc5[nH]ccc45)nc3C(C)(C)S(C)(=O)=O)N21. The van der Waals surface area contributed by atoms with E-state index in [1.165, 1.54) is 6.26 Å². The monoisotopic (exact) mass is 443 g/mol. The second-order valence-electron chi connectivity index (χ2n) is 8.69. The molecule has 0 radical (unpaired) electrons. The Morgan fingerprint density at radius 2 is 2.00 bits per heavy atom. The fourth-order valence-electron chi connectivity index (χ4n) is 4.19. The number of aromatic amines is 1. The molecule has 0 spiro atoms. The summed E-state index contributed by atoms with van der Waals surface area (Å²) in [6.45, 7) is 6.88. The predicted molar refractivity (Wildman–Crippen MR) is 117 cm³/mol. The van der Waals surface area contributed by atoms with E-state index >= 15 is 0 Å². The number of anilines is 1. The third kappa shape index (κ3) is 3.08. The maximum Gasteiger partial charge on any atom is 0.185 e. The summed E-state index contributed by atoms with van der Waals surface area (Å²) in [6, 6.07) is 3.85. The van der Waals surface area contributed by atoms with Gasteiger partial charge in [0.15, 0.2) is 27.2 Å². The van der Waals surface area contributed by atoms with Crippen molar-refractivity contribution in [2.75, 3.05) is 31.0 Å². The lowest BCUT2D eigenvalue weighted by Crippen LogP contribution is -2.56. The molecule has 10 heteroatoms. The number of aromatic nitrogens is 4. The number of hydrogen-bond donors (Lipinski definition) is 1. The average Bonchev–Trinajstić information content (AvgIpc) is 3.21. The zero-order chi connectivity index (χ0) is 22.0. The van der Waals surface area contributed by atoms with Gasteiger partial charge in [0.05, 0.1) is 25.3 Å². The molecule has 1 N–H and O–H groups in total. The smallest absolute Gasteiger partial charge is 0.185 e. The number of H-pyrrole nitrogens is 1. The molecule has 31 heavy (non-hydrogen) atoms. The first-order valence-electron chi connectivity index (χ1n) is 10.2. The first-order valence-corrected chi connectivity index (χ1v) is 12.1. The highest BCUT2D eigenvalue weighted by molar-refractivity contribution is 7.91. The van der Waals surface area contributed by atoms with E-state index in [0.717, 1.165) is 16.6 Å². The molecule has 3 aromatic rings. The van der Waals surface area contributed by atoms with Crippen LogP contribution in [0.25, 0.3) is 22.4 Å². The number of fused-ring (bicyclic) bond motifs is 4. The molecule has 2 atom stereocenters. The zero-order valence-electron chi connectivity index (χ0n) is 17.9. The van der Waals surface area contributed by atoms with Crippen LogP contribution in [0.2, 0.25) is 0 Å². The largest absolute Gasteiger partial charge is 0.486 e. The van der Waals surface area contributed by atoms with Crippen molar-refractivity contribution in [3.8, 4) is 17.1 Å². The highest BCUT2D eigenvalue weighted by Crippen LogP contribution is 2.44. The van der Waals surface area contributed by atoms with Crippen LogP contribution in [-0.4, -0.2) is 66.5 Å². The second-order valence-corrected chi connectivity index (χ2v) is 11.3. The average molecular weight is 444 g/mol. The molecule has 0 aliphatic carbocycles. The van der Waals surface area contributed by atoms with Crippen LogP contribution in [0.4, 0.5) is 5.82 Å². The Morgan fingerprint density at radius 3 is 2.77 bits per heavy atom. The van der Waals surface area contributed by atoms with Crippen molar-refractivity contribution in [2.24, 2.45) is 0 Å². The fourth-order valence-corrected chi connectivity index (χ4v) is 4.68. The van der Waals surface area contributed by atoms with E-state index < -0.39 is 14.6 Å². The predicted octanol–water partition coefficient (Wildman–Crippen LogP) is 2.29. The highest BCUT2D eigenvalue weighted by atomic mass is 32.2. The van der Waals surface area contributed by atoms with Gasteiger partial charge < -0.3 is 19.4 Å². The Kier molecular flexibility index (Phi) is 4.49. The lowest BCUT2D eigenvalue weighted by Gasteiger charge is -2.45. The fraction of sp³-hybridized carbons (Fsp3) is 0.476. The summed E-state index contributed by atoms with van der Waals surface area (Å²) in [4.78, 5) is 19.3. The number of nitrogens with zero attached hydrogens (tertiary/aromatic N) is 4. The van der Waals surface area contributed by atoms with Gasteiger partial charge in [0.1, 0.15) is 22.7 Å². The summed E-state index contributed by atoms with van der Waals surface area (Å²) in [5.74, 6) is 1.49. The number of sulfone groups is 1. The molecule has 5 heterocycles. The van der Waals surface area contributed by atoms with Crippen molar-refractivity contribution in [1.29, 1.82) is 0 Å². The lowest BCUT2D eigenvalue weighted by molar-refractivity contribution is 0.0482. The molecule has 1 fully saturated rings. The van der Waals surface area contributed by atoms with Gasteiger partial charge in [-0.25, -0.2) is 23.4 Å². The number of ether oxygens (including phenoxy) is 2. The zero-order valence-corrected chi connectivity index (χ0v) is 18.7. The van der Waals surface area contributed by atoms with Gasteiger partial charge in [-0.1, -0.05) is 0 Å². The molecule has 164 valence electrons. The van der Waals surface area contributed by atoms with E-state index in [-0.39, 0.29) is 12.1 Å². The van der Waals surface area contributed by atoms with Crippen LogP contribution < -0.4 is 9.64 Å². The molecule has 2 aliphatic heterocycles. The first kappa shape index (κ1) is 20.2. The molecule has 1 unspecified atom stereocenters. The second kappa shape index (κ2) is 6.89. The molecule has 3 aromatic heterocycles. The van der Waals surface area contributed by atoms with Gasteiger partial charge in [0.25, 0.3) is 0 Å². The lowest BCUT2D eigenvalue weighted by atomic mass is 10.0.